The van der Waals surface area contributed by atoms with E-state index in [1.54, 1.807) is 0 Å². The molecule has 188 valence electrons. The Balaban J connectivity index is 5.30. The van der Waals surface area contributed by atoms with Crippen LogP contribution in [0.15, 0.2) is 0 Å². The van der Waals surface area contributed by atoms with Crippen LogP contribution in [0, 0.1) is 5.92 Å². The predicted octanol–water partition coefficient (Wildman–Crippen LogP) is -2.04. The molecule has 0 rings (SSSR count). The number of carbonyl (C=O) groups is 6. The van der Waals surface area contributed by atoms with E-state index >= 15 is 0 Å². The number of rotatable bonds is 16. The molecule has 0 aromatic rings. The van der Waals surface area contributed by atoms with Gasteiger partial charge in [-0.15, -0.1) is 0 Å². The summed E-state index contributed by atoms with van der Waals surface area (Å²) in [5, 5.41) is 25.0. The summed E-state index contributed by atoms with van der Waals surface area (Å²) >= 11 is 3.98. The van der Waals surface area contributed by atoms with Gasteiger partial charge in [-0.2, -0.15) is 12.6 Å². The SMILES string of the molecule is CC(C)CC(N)C(=O)NC(CCC(=O)O)C(=O)NC(CS)C(=O)NC(CCC(N)=O)C(=O)O. The van der Waals surface area contributed by atoms with Gasteiger partial charge >= 0.3 is 11.9 Å². The predicted molar refractivity (Wildman–Crippen MR) is 120 cm³/mol. The van der Waals surface area contributed by atoms with E-state index in [0.29, 0.717) is 6.42 Å². The summed E-state index contributed by atoms with van der Waals surface area (Å²) in [6, 6.07) is -4.95. The molecule has 4 amide bonds. The van der Waals surface area contributed by atoms with E-state index in [1.807, 2.05) is 13.8 Å². The number of carboxylic acids is 2. The van der Waals surface area contributed by atoms with E-state index in [-0.39, 0.29) is 30.9 Å². The van der Waals surface area contributed by atoms with Crippen molar-refractivity contribution in [1.82, 2.24) is 16.0 Å². The summed E-state index contributed by atoms with van der Waals surface area (Å²) in [6.45, 7) is 3.71. The number of nitrogens with two attached hydrogens (primary N) is 2. The fraction of sp³-hybridized carbons (Fsp3) is 0.684. The summed E-state index contributed by atoms with van der Waals surface area (Å²) in [7, 11) is 0. The lowest BCUT2D eigenvalue weighted by Crippen LogP contribution is -2.57. The van der Waals surface area contributed by atoms with Crippen molar-refractivity contribution in [2.45, 2.75) is 70.1 Å². The smallest absolute Gasteiger partial charge is 0.326 e. The van der Waals surface area contributed by atoms with Gasteiger partial charge in [0, 0.05) is 18.6 Å². The molecular formula is C19H33N5O8S. The Morgan fingerprint density at radius 2 is 1.30 bits per heavy atom. The van der Waals surface area contributed by atoms with Crippen LogP contribution in [0.1, 0.15) is 46.0 Å². The first kappa shape index (κ1) is 30.1. The standard InChI is InChI=1S/C19H33N5O8S/c1-9(2)7-10(20)16(28)22-11(4-6-15(26)27)17(29)24-13(8-33)18(30)23-12(19(31)32)3-5-14(21)25/h9-13,33H,3-8,20H2,1-2H3,(H2,21,25)(H,22,28)(H,23,30)(H,24,29)(H,26,27)(H,31,32). The number of thiol groups is 1. The Kier molecular flexibility index (Phi) is 13.7. The molecule has 0 spiro atoms. The molecule has 14 heteroatoms. The van der Waals surface area contributed by atoms with Crippen molar-refractivity contribution in [2.75, 3.05) is 5.75 Å². The van der Waals surface area contributed by atoms with Crippen LogP contribution in [0.5, 0.6) is 0 Å². The van der Waals surface area contributed by atoms with E-state index in [0.717, 1.165) is 0 Å². The normalized spacial score (nSPS) is 14.5. The highest BCUT2D eigenvalue weighted by atomic mass is 32.1. The molecule has 4 unspecified atom stereocenters. The molecule has 13 nitrogen and oxygen atoms in total. The highest BCUT2D eigenvalue weighted by Gasteiger charge is 2.30. The zero-order valence-electron chi connectivity index (χ0n) is 18.6. The molecule has 0 radical (unpaired) electrons. The molecule has 4 atom stereocenters. The van der Waals surface area contributed by atoms with Crippen molar-refractivity contribution < 1.29 is 39.0 Å². The van der Waals surface area contributed by atoms with Crippen molar-refractivity contribution >= 4 is 48.2 Å². The minimum atomic E-state index is -1.43. The topological polar surface area (TPSA) is 231 Å². The second-order valence-electron chi connectivity index (χ2n) is 7.88. The molecule has 0 heterocycles. The molecule has 0 fully saturated rings. The number of aliphatic carboxylic acids is 2. The second kappa shape index (κ2) is 15.1. The molecule has 0 saturated carbocycles. The van der Waals surface area contributed by atoms with Crippen LogP contribution < -0.4 is 27.4 Å². The molecule has 0 aliphatic rings. The minimum Gasteiger partial charge on any atom is -0.481 e. The van der Waals surface area contributed by atoms with Crippen LogP contribution in [0.2, 0.25) is 0 Å². The van der Waals surface area contributed by atoms with Crippen LogP contribution in [0.4, 0.5) is 0 Å². The summed E-state index contributed by atoms with van der Waals surface area (Å²) < 4.78 is 0. The van der Waals surface area contributed by atoms with E-state index < -0.39 is 66.2 Å². The first-order chi connectivity index (χ1) is 15.3. The summed E-state index contributed by atoms with van der Waals surface area (Å²) in [5.74, 6) is -5.89. The minimum absolute atomic E-state index is 0.103. The van der Waals surface area contributed by atoms with Gasteiger partial charge in [-0.05, 0) is 25.2 Å². The molecule has 0 aromatic carbocycles. The summed E-state index contributed by atoms with van der Waals surface area (Å²) in [4.78, 5) is 70.6. The third kappa shape index (κ3) is 12.7. The van der Waals surface area contributed by atoms with Gasteiger partial charge in [0.15, 0.2) is 0 Å². The quantitative estimate of drug-likeness (QED) is 0.111. The number of hydrogen-bond acceptors (Lipinski definition) is 8. The van der Waals surface area contributed by atoms with Crippen molar-refractivity contribution in [3.8, 4) is 0 Å². The Bertz CT molecular complexity index is 733. The maximum Gasteiger partial charge on any atom is 0.326 e. The Hall–Kier alpha value is -2.87. The van der Waals surface area contributed by atoms with Crippen LogP contribution in [0.3, 0.4) is 0 Å². The lowest BCUT2D eigenvalue weighted by atomic mass is 10.0. The van der Waals surface area contributed by atoms with Crippen LogP contribution >= 0.6 is 12.6 Å². The average Bonchev–Trinajstić information content (AvgIpc) is 2.70. The van der Waals surface area contributed by atoms with Crippen molar-refractivity contribution in [1.29, 1.82) is 0 Å². The van der Waals surface area contributed by atoms with E-state index in [4.69, 9.17) is 16.6 Å². The first-order valence-corrected chi connectivity index (χ1v) is 10.9. The second-order valence-corrected chi connectivity index (χ2v) is 8.24. The number of amides is 4. The Labute approximate surface area is 196 Å². The van der Waals surface area contributed by atoms with Crippen LogP contribution in [-0.2, 0) is 28.8 Å². The van der Waals surface area contributed by atoms with Crippen LogP contribution in [0.25, 0.3) is 0 Å². The number of primary amides is 1. The van der Waals surface area contributed by atoms with E-state index in [1.165, 1.54) is 0 Å². The molecule has 0 aromatic heterocycles. The number of carboxylic acid groups (broad SMARTS) is 2. The lowest BCUT2D eigenvalue weighted by Gasteiger charge is -2.24. The average molecular weight is 492 g/mol. The van der Waals surface area contributed by atoms with Gasteiger partial charge < -0.3 is 37.6 Å². The first-order valence-electron chi connectivity index (χ1n) is 10.3. The van der Waals surface area contributed by atoms with Gasteiger partial charge in [-0.3, -0.25) is 24.0 Å². The van der Waals surface area contributed by atoms with E-state index in [2.05, 4.69) is 28.6 Å². The van der Waals surface area contributed by atoms with Gasteiger partial charge in [-0.25, -0.2) is 4.79 Å². The molecule has 9 N–H and O–H groups in total. The zero-order chi connectivity index (χ0) is 25.7. The highest BCUT2D eigenvalue weighted by molar-refractivity contribution is 7.80. The molecule has 0 saturated heterocycles. The highest BCUT2D eigenvalue weighted by Crippen LogP contribution is 2.06. The maximum absolute atomic E-state index is 12.7. The van der Waals surface area contributed by atoms with Crippen molar-refractivity contribution in [3.63, 3.8) is 0 Å². The third-order valence-corrected chi connectivity index (χ3v) is 4.82. The van der Waals surface area contributed by atoms with Gasteiger partial charge in [-0.1, -0.05) is 13.8 Å². The maximum atomic E-state index is 12.7. The Morgan fingerprint density at radius 3 is 1.76 bits per heavy atom. The largest absolute Gasteiger partial charge is 0.481 e. The molecule has 0 aliphatic carbocycles. The van der Waals surface area contributed by atoms with Crippen molar-refractivity contribution in [2.24, 2.45) is 17.4 Å². The fourth-order valence-corrected chi connectivity index (χ4v) is 2.97. The number of carbonyl (C=O) groups excluding carboxylic acids is 4. The Morgan fingerprint density at radius 1 is 0.818 bits per heavy atom. The third-order valence-electron chi connectivity index (χ3n) is 4.45. The van der Waals surface area contributed by atoms with Gasteiger partial charge in [0.25, 0.3) is 0 Å². The zero-order valence-corrected chi connectivity index (χ0v) is 19.5. The van der Waals surface area contributed by atoms with E-state index in [9.17, 15) is 33.9 Å². The molecule has 33 heavy (non-hydrogen) atoms. The molecule has 0 bridgehead atoms. The molecule has 0 aliphatic heterocycles. The molecular weight excluding hydrogens is 458 g/mol. The van der Waals surface area contributed by atoms with Gasteiger partial charge in [0.1, 0.15) is 18.1 Å². The lowest BCUT2D eigenvalue weighted by molar-refractivity contribution is -0.142. The number of nitrogens with one attached hydrogen (secondary N) is 3. The van der Waals surface area contributed by atoms with Gasteiger partial charge in [0.2, 0.25) is 23.6 Å². The van der Waals surface area contributed by atoms with Crippen molar-refractivity contribution in [3.05, 3.63) is 0 Å². The van der Waals surface area contributed by atoms with Gasteiger partial charge in [0.05, 0.1) is 6.04 Å². The summed E-state index contributed by atoms with van der Waals surface area (Å²) in [5.41, 5.74) is 10.8. The van der Waals surface area contributed by atoms with Crippen LogP contribution in [-0.4, -0.2) is 75.7 Å². The monoisotopic (exact) mass is 491 g/mol. The number of hydrogen-bond donors (Lipinski definition) is 8. The summed E-state index contributed by atoms with van der Waals surface area (Å²) in [6.07, 6.45) is -0.908. The fourth-order valence-electron chi connectivity index (χ4n) is 2.71.